The van der Waals surface area contributed by atoms with E-state index in [1.807, 2.05) is 18.2 Å². The van der Waals surface area contributed by atoms with Crippen LogP contribution in [0.4, 0.5) is 0 Å². The van der Waals surface area contributed by atoms with Gasteiger partial charge in [-0.15, -0.1) is 12.1 Å². The molecule has 0 unspecified atom stereocenters. The molecule has 0 saturated carbocycles. The standard InChI is InChI=1S/C8H9O2.CH2Cl.Pd/c1-9-7-4-3-5-8(6-7)10-2;1-2;/h3-5H,1-2H3;1H2;/q2*-1;+2. The SMILES string of the molecule is COc1[c-]c(OC)ccc1.[CH2-]Cl.[Pd+2]. The molecular formula is C9H11ClO2Pd. The summed E-state index contributed by atoms with van der Waals surface area (Å²) >= 11 is 4.39. The first kappa shape index (κ1) is 15.3. The summed E-state index contributed by atoms with van der Waals surface area (Å²) in [5, 5.41) is 0. The summed E-state index contributed by atoms with van der Waals surface area (Å²) < 4.78 is 9.84. The Hall–Kier alpha value is -0.228. The minimum absolute atomic E-state index is 0. The van der Waals surface area contributed by atoms with E-state index in [9.17, 15) is 0 Å². The Morgan fingerprint density at radius 2 is 1.54 bits per heavy atom. The molecule has 1 aromatic rings. The van der Waals surface area contributed by atoms with Crippen molar-refractivity contribution in [1.82, 2.24) is 0 Å². The second-order valence-corrected chi connectivity index (χ2v) is 1.79. The quantitative estimate of drug-likeness (QED) is 0.616. The van der Waals surface area contributed by atoms with Gasteiger partial charge in [0.05, 0.1) is 14.2 Å². The average Bonchev–Trinajstić information content (AvgIpc) is 2.21. The number of halogens is 1. The van der Waals surface area contributed by atoms with Gasteiger partial charge in [0.15, 0.2) is 0 Å². The van der Waals surface area contributed by atoms with Gasteiger partial charge < -0.3 is 21.1 Å². The van der Waals surface area contributed by atoms with E-state index in [0.717, 1.165) is 0 Å². The Kier molecular flexibility index (Phi) is 11.6. The molecule has 0 aliphatic rings. The molecule has 1 rings (SSSR count). The summed E-state index contributed by atoms with van der Waals surface area (Å²) in [7, 11) is 3.20. The van der Waals surface area contributed by atoms with Crippen LogP contribution in [0.1, 0.15) is 0 Å². The minimum Gasteiger partial charge on any atom is -0.522 e. The van der Waals surface area contributed by atoms with Gasteiger partial charge in [0.2, 0.25) is 0 Å². The van der Waals surface area contributed by atoms with Crippen LogP contribution in [0.3, 0.4) is 0 Å². The maximum atomic E-state index is 4.92. The van der Waals surface area contributed by atoms with Crippen LogP contribution in [0.2, 0.25) is 0 Å². The van der Waals surface area contributed by atoms with Crippen LogP contribution in [0, 0.1) is 12.4 Å². The van der Waals surface area contributed by atoms with Crippen molar-refractivity contribution in [2.45, 2.75) is 0 Å². The monoisotopic (exact) mass is 292 g/mol. The van der Waals surface area contributed by atoms with Gasteiger partial charge in [-0.25, -0.2) is 0 Å². The third kappa shape index (κ3) is 5.93. The molecule has 0 aliphatic carbocycles. The Morgan fingerprint density at radius 1 is 1.15 bits per heavy atom. The third-order valence-corrected chi connectivity index (χ3v) is 1.18. The van der Waals surface area contributed by atoms with Crippen molar-refractivity contribution in [3.8, 4) is 11.5 Å². The largest absolute Gasteiger partial charge is 2.00 e. The van der Waals surface area contributed by atoms with Gasteiger partial charge in [-0.05, 0) is 0 Å². The van der Waals surface area contributed by atoms with Gasteiger partial charge in [0.25, 0.3) is 0 Å². The number of methoxy groups -OCH3 is 2. The van der Waals surface area contributed by atoms with E-state index in [-0.39, 0.29) is 20.4 Å². The van der Waals surface area contributed by atoms with Crippen LogP contribution < -0.4 is 9.47 Å². The Morgan fingerprint density at radius 3 is 1.85 bits per heavy atom. The summed E-state index contributed by atoms with van der Waals surface area (Å²) in [6.45, 7) is 0. The van der Waals surface area contributed by atoms with E-state index < -0.39 is 0 Å². The number of rotatable bonds is 2. The summed E-state index contributed by atoms with van der Waals surface area (Å²) in [6.07, 6.45) is 2.72. The average molecular weight is 293 g/mol. The van der Waals surface area contributed by atoms with Crippen molar-refractivity contribution in [2.75, 3.05) is 14.2 Å². The smallest absolute Gasteiger partial charge is 0.522 e. The van der Waals surface area contributed by atoms with Crippen molar-refractivity contribution < 1.29 is 29.9 Å². The first-order chi connectivity index (χ1) is 5.86. The second kappa shape index (κ2) is 9.86. The molecule has 0 N–H and O–H groups in total. The molecule has 76 valence electrons. The van der Waals surface area contributed by atoms with E-state index >= 15 is 0 Å². The number of hydrogen-bond donors (Lipinski definition) is 0. The Labute approximate surface area is 97.8 Å². The van der Waals surface area contributed by atoms with E-state index in [2.05, 4.69) is 24.1 Å². The van der Waals surface area contributed by atoms with Gasteiger partial charge in [-0.2, -0.15) is 6.07 Å². The zero-order valence-electron chi connectivity index (χ0n) is 7.45. The topological polar surface area (TPSA) is 18.5 Å². The van der Waals surface area contributed by atoms with E-state index in [4.69, 9.17) is 9.47 Å². The molecule has 0 fully saturated rings. The summed E-state index contributed by atoms with van der Waals surface area (Å²) in [5.41, 5.74) is 0. The van der Waals surface area contributed by atoms with Crippen LogP contribution in [0.25, 0.3) is 0 Å². The Balaban J connectivity index is 0. The van der Waals surface area contributed by atoms with Crippen LogP contribution in [0.15, 0.2) is 18.2 Å². The molecule has 0 aromatic heterocycles. The molecule has 0 spiro atoms. The van der Waals surface area contributed by atoms with Gasteiger partial charge >= 0.3 is 20.4 Å². The molecular weight excluding hydrogens is 282 g/mol. The van der Waals surface area contributed by atoms with Crippen molar-refractivity contribution in [1.29, 1.82) is 0 Å². The summed E-state index contributed by atoms with van der Waals surface area (Å²) in [6, 6.07) is 8.40. The zero-order valence-corrected chi connectivity index (χ0v) is 9.76. The molecule has 2 nitrogen and oxygen atoms in total. The first-order valence-corrected chi connectivity index (χ1v) is 3.77. The molecule has 1 aromatic carbocycles. The van der Waals surface area contributed by atoms with E-state index in [1.165, 1.54) is 0 Å². The number of ether oxygens (including phenoxy) is 2. The van der Waals surface area contributed by atoms with Crippen LogP contribution in [0.5, 0.6) is 11.5 Å². The van der Waals surface area contributed by atoms with Crippen LogP contribution >= 0.6 is 11.6 Å². The summed E-state index contributed by atoms with van der Waals surface area (Å²) in [5.74, 6) is 1.39. The fourth-order valence-corrected chi connectivity index (χ4v) is 0.666. The molecule has 13 heavy (non-hydrogen) atoms. The maximum Gasteiger partial charge on any atom is 2.00 e. The summed E-state index contributed by atoms with van der Waals surface area (Å²) in [4.78, 5) is 0. The normalized spacial score (nSPS) is 7.38. The zero-order chi connectivity index (χ0) is 9.40. The predicted molar refractivity (Wildman–Crippen MR) is 49.6 cm³/mol. The van der Waals surface area contributed by atoms with Gasteiger partial charge in [0.1, 0.15) is 0 Å². The van der Waals surface area contributed by atoms with Gasteiger partial charge in [-0.1, -0.05) is 6.07 Å². The molecule has 0 amide bonds. The van der Waals surface area contributed by atoms with Crippen LogP contribution in [-0.4, -0.2) is 14.2 Å². The van der Waals surface area contributed by atoms with Crippen molar-refractivity contribution >= 4 is 11.6 Å². The number of hydrogen-bond acceptors (Lipinski definition) is 2. The fraction of sp³-hybridized carbons (Fsp3) is 0.222. The molecule has 0 radical (unpaired) electrons. The van der Waals surface area contributed by atoms with Gasteiger partial charge in [-0.3, -0.25) is 6.38 Å². The van der Waals surface area contributed by atoms with E-state index in [0.29, 0.717) is 11.5 Å². The maximum absolute atomic E-state index is 4.92. The number of benzene rings is 1. The predicted octanol–water partition coefficient (Wildman–Crippen LogP) is 2.52. The molecule has 0 heterocycles. The fourth-order valence-electron chi connectivity index (χ4n) is 0.666. The molecule has 0 saturated heterocycles. The Bertz CT molecular complexity index is 199. The van der Waals surface area contributed by atoms with Crippen molar-refractivity contribution in [3.63, 3.8) is 0 Å². The van der Waals surface area contributed by atoms with E-state index in [1.54, 1.807) is 14.2 Å². The third-order valence-electron chi connectivity index (χ3n) is 1.18. The minimum atomic E-state index is 0. The molecule has 0 atom stereocenters. The van der Waals surface area contributed by atoms with Crippen LogP contribution in [-0.2, 0) is 20.4 Å². The van der Waals surface area contributed by atoms with Crippen molar-refractivity contribution in [3.05, 3.63) is 30.6 Å². The second-order valence-electron chi connectivity index (χ2n) is 1.79. The van der Waals surface area contributed by atoms with Gasteiger partial charge in [0, 0.05) is 11.5 Å². The molecule has 0 bridgehead atoms. The first-order valence-electron chi connectivity index (χ1n) is 3.24. The molecule has 4 heteroatoms. The van der Waals surface area contributed by atoms with Crippen molar-refractivity contribution in [2.24, 2.45) is 0 Å². The molecule has 0 aliphatic heterocycles.